The second-order valence-electron chi connectivity index (χ2n) is 5.27. The topological polar surface area (TPSA) is 24.5 Å². The summed E-state index contributed by atoms with van der Waals surface area (Å²) in [5.41, 5.74) is 0.974. The highest BCUT2D eigenvalue weighted by Crippen LogP contribution is 2.28. The lowest BCUT2D eigenvalue weighted by Gasteiger charge is -2.20. The van der Waals surface area contributed by atoms with Gasteiger partial charge in [0.05, 0.1) is 0 Å². The van der Waals surface area contributed by atoms with Gasteiger partial charge in [-0.25, -0.2) is 4.39 Å². The molecule has 18 heavy (non-hydrogen) atoms. The lowest BCUT2D eigenvalue weighted by molar-refractivity contribution is 0.217. The van der Waals surface area contributed by atoms with Crippen molar-refractivity contribution >= 4 is 0 Å². The predicted molar refractivity (Wildman–Crippen MR) is 70.5 cm³/mol. The molecule has 0 fully saturated rings. The van der Waals surface area contributed by atoms with E-state index in [9.17, 15) is 4.39 Å². The quantitative estimate of drug-likeness (QED) is 0.862. The molecular formula is C14H21FN2O. The standard InChI is InChI=1S/C14H21FN2O/c1-10(9-17(2)3)16-8-13-7-11-6-12(15)4-5-14(11)18-13/h4-6,10,13,16H,7-9H2,1-3H3. The van der Waals surface area contributed by atoms with E-state index < -0.39 is 0 Å². The number of nitrogens with zero attached hydrogens (tertiary/aromatic N) is 1. The number of likely N-dealkylation sites (N-methyl/N-ethyl adjacent to an activating group) is 1. The van der Waals surface area contributed by atoms with E-state index in [0.717, 1.165) is 30.8 Å². The van der Waals surface area contributed by atoms with Crippen LogP contribution in [0.5, 0.6) is 5.75 Å². The van der Waals surface area contributed by atoms with Crippen molar-refractivity contribution in [2.45, 2.75) is 25.5 Å². The molecule has 1 aromatic rings. The van der Waals surface area contributed by atoms with Crippen LogP contribution in [0.1, 0.15) is 12.5 Å². The van der Waals surface area contributed by atoms with Crippen LogP contribution in [0.15, 0.2) is 18.2 Å². The number of hydrogen-bond acceptors (Lipinski definition) is 3. The van der Waals surface area contributed by atoms with Crippen molar-refractivity contribution in [2.24, 2.45) is 0 Å². The van der Waals surface area contributed by atoms with E-state index in [4.69, 9.17) is 4.74 Å². The number of benzene rings is 1. The number of fused-ring (bicyclic) bond motifs is 1. The van der Waals surface area contributed by atoms with Gasteiger partial charge in [0.15, 0.2) is 0 Å². The van der Waals surface area contributed by atoms with Crippen molar-refractivity contribution in [1.82, 2.24) is 10.2 Å². The molecule has 0 aliphatic carbocycles. The predicted octanol–water partition coefficient (Wildman–Crippen LogP) is 1.67. The van der Waals surface area contributed by atoms with E-state index in [1.807, 2.05) is 0 Å². The van der Waals surface area contributed by atoms with Crippen LogP contribution in [0.2, 0.25) is 0 Å². The molecule has 1 N–H and O–H groups in total. The summed E-state index contributed by atoms with van der Waals surface area (Å²) in [5.74, 6) is 0.635. The highest BCUT2D eigenvalue weighted by Gasteiger charge is 2.23. The summed E-state index contributed by atoms with van der Waals surface area (Å²) in [5, 5.41) is 3.44. The summed E-state index contributed by atoms with van der Waals surface area (Å²) < 4.78 is 18.8. The Morgan fingerprint density at radius 1 is 1.50 bits per heavy atom. The summed E-state index contributed by atoms with van der Waals surface area (Å²) >= 11 is 0. The number of nitrogens with one attached hydrogen (secondary N) is 1. The second-order valence-corrected chi connectivity index (χ2v) is 5.27. The molecule has 2 unspecified atom stereocenters. The zero-order valence-corrected chi connectivity index (χ0v) is 11.2. The lowest BCUT2D eigenvalue weighted by Crippen LogP contribution is -2.41. The van der Waals surface area contributed by atoms with Crippen LogP contribution in [0.4, 0.5) is 4.39 Å². The van der Waals surface area contributed by atoms with Gasteiger partial charge in [-0.2, -0.15) is 0 Å². The van der Waals surface area contributed by atoms with E-state index in [1.54, 1.807) is 12.1 Å². The van der Waals surface area contributed by atoms with Gasteiger partial charge in [0.2, 0.25) is 0 Å². The van der Waals surface area contributed by atoms with Crippen LogP contribution < -0.4 is 10.1 Å². The van der Waals surface area contributed by atoms with E-state index in [-0.39, 0.29) is 11.9 Å². The summed E-state index contributed by atoms with van der Waals surface area (Å²) in [7, 11) is 4.12. The third kappa shape index (κ3) is 3.43. The van der Waals surface area contributed by atoms with Crippen LogP contribution in [0.25, 0.3) is 0 Å². The highest BCUT2D eigenvalue weighted by molar-refractivity contribution is 5.37. The Hall–Kier alpha value is -1.13. The molecule has 0 bridgehead atoms. The van der Waals surface area contributed by atoms with Gasteiger partial charge in [-0.3, -0.25) is 0 Å². The van der Waals surface area contributed by atoms with Crippen LogP contribution in [-0.2, 0) is 6.42 Å². The molecule has 4 heteroatoms. The Labute approximate surface area is 108 Å². The third-order valence-electron chi connectivity index (χ3n) is 3.10. The summed E-state index contributed by atoms with van der Waals surface area (Å²) in [6.07, 6.45) is 0.904. The Bertz CT molecular complexity index is 409. The maximum Gasteiger partial charge on any atom is 0.123 e. The van der Waals surface area contributed by atoms with E-state index in [2.05, 4.69) is 31.2 Å². The molecule has 0 saturated carbocycles. The molecule has 100 valence electrons. The van der Waals surface area contributed by atoms with Crippen molar-refractivity contribution in [2.75, 3.05) is 27.2 Å². The molecule has 2 rings (SSSR count). The molecule has 0 aromatic heterocycles. The first-order valence-electron chi connectivity index (χ1n) is 6.38. The van der Waals surface area contributed by atoms with Crippen molar-refractivity contribution in [1.29, 1.82) is 0 Å². The van der Waals surface area contributed by atoms with Gasteiger partial charge in [0, 0.05) is 31.1 Å². The summed E-state index contributed by atoms with van der Waals surface area (Å²) in [4.78, 5) is 2.15. The van der Waals surface area contributed by atoms with Gasteiger partial charge in [-0.1, -0.05) is 0 Å². The Morgan fingerprint density at radius 3 is 3.00 bits per heavy atom. The molecule has 1 aliphatic heterocycles. The fourth-order valence-electron chi connectivity index (χ4n) is 2.35. The number of hydrogen-bond donors (Lipinski definition) is 1. The van der Waals surface area contributed by atoms with Crippen LogP contribution >= 0.6 is 0 Å². The van der Waals surface area contributed by atoms with Crippen molar-refractivity contribution in [3.8, 4) is 5.75 Å². The maximum absolute atomic E-state index is 13.1. The smallest absolute Gasteiger partial charge is 0.123 e. The minimum Gasteiger partial charge on any atom is -0.488 e. The van der Waals surface area contributed by atoms with Gasteiger partial charge in [0.25, 0.3) is 0 Å². The molecule has 0 radical (unpaired) electrons. The SMILES string of the molecule is CC(CN(C)C)NCC1Cc2cc(F)ccc2O1. The fraction of sp³-hybridized carbons (Fsp3) is 0.571. The fourth-order valence-corrected chi connectivity index (χ4v) is 2.35. The van der Waals surface area contributed by atoms with E-state index in [1.165, 1.54) is 6.07 Å². The first-order valence-corrected chi connectivity index (χ1v) is 6.38. The summed E-state index contributed by atoms with van der Waals surface area (Å²) in [6, 6.07) is 5.15. The minimum absolute atomic E-state index is 0.117. The second kappa shape index (κ2) is 5.67. The zero-order chi connectivity index (χ0) is 13.1. The molecule has 1 aliphatic rings. The average molecular weight is 252 g/mol. The first-order chi connectivity index (χ1) is 8.54. The van der Waals surface area contributed by atoms with Crippen LogP contribution in [0.3, 0.4) is 0 Å². The molecule has 0 spiro atoms. The molecule has 0 saturated heterocycles. The molecule has 2 atom stereocenters. The molecule has 3 nitrogen and oxygen atoms in total. The normalized spacial score (nSPS) is 19.7. The minimum atomic E-state index is -0.188. The largest absolute Gasteiger partial charge is 0.488 e. The molecule has 1 aromatic carbocycles. The van der Waals surface area contributed by atoms with Crippen LogP contribution in [0, 0.1) is 5.82 Å². The number of halogens is 1. The van der Waals surface area contributed by atoms with Gasteiger partial charge < -0.3 is 15.0 Å². The van der Waals surface area contributed by atoms with Crippen LogP contribution in [-0.4, -0.2) is 44.2 Å². The molecular weight excluding hydrogens is 231 g/mol. The van der Waals surface area contributed by atoms with Gasteiger partial charge in [-0.05, 0) is 39.2 Å². The highest BCUT2D eigenvalue weighted by atomic mass is 19.1. The van der Waals surface area contributed by atoms with Gasteiger partial charge in [0.1, 0.15) is 17.7 Å². The third-order valence-corrected chi connectivity index (χ3v) is 3.10. The number of rotatable bonds is 5. The van der Waals surface area contributed by atoms with E-state index >= 15 is 0 Å². The summed E-state index contributed by atoms with van der Waals surface area (Å²) in [6.45, 7) is 3.95. The van der Waals surface area contributed by atoms with Crippen molar-refractivity contribution < 1.29 is 9.13 Å². The Kier molecular flexibility index (Phi) is 4.19. The Balaban J connectivity index is 1.81. The monoisotopic (exact) mass is 252 g/mol. The number of ether oxygens (including phenoxy) is 1. The lowest BCUT2D eigenvalue weighted by atomic mass is 10.1. The van der Waals surface area contributed by atoms with E-state index in [0.29, 0.717) is 6.04 Å². The average Bonchev–Trinajstić information content (AvgIpc) is 2.67. The van der Waals surface area contributed by atoms with Crippen molar-refractivity contribution in [3.05, 3.63) is 29.6 Å². The molecule has 0 amide bonds. The first kappa shape index (κ1) is 13.3. The van der Waals surface area contributed by atoms with Gasteiger partial charge in [-0.15, -0.1) is 0 Å². The maximum atomic E-state index is 13.1. The van der Waals surface area contributed by atoms with Gasteiger partial charge >= 0.3 is 0 Å². The molecule has 1 heterocycles. The zero-order valence-electron chi connectivity index (χ0n) is 11.2. The van der Waals surface area contributed by atoms with Crippen molar-refractivity contribution in [3.63, 3.8) is 0 Å². The Morgan fingerprint density at radius 2 is 2.28 bits per heavy atom.